The molecule has 1 N–H and O–H groups in total. The van der Waals surface area contributed by atoms with Crippen molar-refractivity contribution >= 4 is 22.5 Å². The van der Waals surface area contributed by atoms with Crippen LogP contribution in [0.5, 0.6) is 0 Å². The molecule has 5 aromatic rings. The molecule has 7 nitrogen and oxygen atoms in total. The number of allylic oxidation sites excluding steroid dienone is 2. The summed E-state index contributed by atoms with van der Waals surface area (Å²) < 4.78 is 14.5. The Labute approximate surface area is 212 Å². The summed E-state index contributed by atoms with van der Waals surface area (Å²) in [7, 11) is 0. The molecule has 37 heavy (non-hydrogen) atoms. The molecular weight excluding hydrogens is 467 g/mol. The third-order valence-electron chi connectivity index (χ3n) is 6.33. The van der Waals surface area contributed by atoms with E-state index in [0.717, 1.165) is 11.1 Å². The lowest BCUT2D eigenvalue weighted by Gasteiger charge is -2.23. The number of nitrogens with zero attached hydrogens (tertiary/aromatic N) is 5. The number of aromatic nitrogens is 5. The maximum Gasteiger partial charge on any atom is 0.191 e. The largest absolute Gasteiger partial charge is 0.361 e. The molecule has 0 saturated heterocycles. The minimum absolute atomic E-state index is 0.141. The molecule has 0 radical (unpaired) electrons. The van der Waals surface area contributed by atoms with Gasteiger partial charge in [-0.15, -0.1) is 0 Å². The summed E-state index contributed by atoms with van der Waals surface area (Å²) in [5.41, 5.74) is 5.24. The predicted molar refractivity (Wildman–Crippen MR) is 139 cm³/mol. The van der Waals surface area contributed by atoms with E-state index in [1.807, 2.05) is 43.3 Å². The normalized spacial score (nSPS) is 13.4. The highest BCUT2D eigenvalue weighted by Crippen LogP contribution is 2.41. The molecule has 1 aromatic carbocycles. The van der Waals surface area contributed by atoms with Crippen molar-refractivity contribution in [3.05, 3.63) is 108 Å². The zero-order chi connectivity index (χ0) is 25.4. The molecule has 6 rings (SSSR count). The number of halogens is 1. The number of nitrogens with one attached hydrogen (secondary N) is 1. The first kappa shape index (κ1) is 22.6. The third kappa shape index (κ3) is 4.12. The topological polar surface area (TPSA) is 93.6 Å². The average Bonchev–Trinajstić information content (AvgIpc) is 2.93. The van der Waals surface area contributed by atoms with Crippen LogP contribution in [0.3, 0.4) is 0 Å². The molecule has 0 aliphatic heterocycles. The van der Waals surface area contributed by atoms with Gasteiger partial charge in [0.25, 0.3) is 0 Å². The Morgan fingerprint density at radius 1 is 0.892 bits per heavy atom. The summed E-state index contributed by atoms with van der Waals surface area (Å²) in [5.74, 6) is -0.0617. The molecule has 0 amide bonds. The van der Waals surface area contributed by atoms with Gasteiger partial charge in [0.15, 0.2) is 5.78 Å². The molecule has 1 aliphatic rings. The van der Waals surface area contributed by atoms with Gasteiger partial charge in [0.05, 0.1) is 39.9 Å². The van der Waals surface area contributed by atoms with Crippen molar-refractivity contribution in [2.75, 3.05) is 5.32 Å². The predicted octanol–water partition coefficient (Wildman–Crippen LogP) is 5.76. The van der Waals surface area contributed by atoms with Gasteiger partial charge in [-0.3, -0.25) is 14.8 Å². The highest BCUT2D eigenvalue weighted by molar-refractivity contribution is 6.09. The molecule has 1 atom stereocenters. The van der Waals surface area contributed by atoms with Crippen molar-refractivity contribution in [1.82, 2.24) is 24.9 Å². The number of hydrogen-bond donors (Lipinski definition) is 1. The molecular formula is C29H21FN6O. The first-order valence-corrected chi connectivity index (χ1v) is 11.9. The minimum atomic E-state index is -0.397. The van der Waals surface area contributed by atoms with Crippen LogP contribution in [-0.2, 0) is 6.42 Å². The molecule has 1 aliphatic carbocycles. The second-order valence-electron chi connectivity index (χ2n) is 8.72. The summed E-state index contributed by atoms with van der Waals surface area (Å²) in [6.45, 7) is 1.95. The number of hydrogen-bond acceptors (Lipinski definition) is 7. The van der Waals surface area contributed by atoms with Gasteiger partial charge in [0.1, 0.15) is 18.0 Å². The third-order valence-corrected chi connectivity index (χ3v) is 6.33. The van der Waals surface area contributed by atoms with Crippen LogP contribution in [0.25, 0.3) is 33.4 Å². The lowest BCUT2D eigenvalue weighted by atomic mass is 9.92. The molecule has 4 aromatic heterocycles. The lowest BCUT2D eigenvalue weighted by molar-refractivity contribution is 0.104. The van der Waals surface area contributed by atoms with Crippen LogP contribution in [0.15, 0.2) is 85.5 Å². The van der Waals surface area contributed by atoms with Gasteiger partial charge in [0, 0.05) is 35.3 Å². The van der Waals surface area contributed by atoms with Crippen molar-refractivity contribution in [1.29, 1.82) is 0 Å². The van der Waals surface area contributed by atoms with E-state index in [4.69, 9.17) is 4.98 Å². The Hall–Kier alpha value is -4.85. The summed E-state index contributed by atoms with van der Waals surface area (Å²) in [6, 6.07) is 15.4. The fraction of sp³-hybridized carbons (Fsp3) is 0.103. The van der Waals surface area contributed by atoms with Gasteiger partial charge in [-0.05, 0) is 55.5 Å². The zero-order valence-corrected chi connectivity index (χ0v) is 19.9. The monoisotopic (exact) mass is 488 g/mol. The van der Waals surface area contributed by atoms with Gasteiger partial charge >= 0.3 is 0 Å². The average molecular weight is 489 g/mol. The standard InChI is InChI=1S/C29H21FN6O/c1-17(35-29-26-22(33-16-34-29)9-6-10-24(26)37)28-27(23-8-3-5-14-32-23)25(21-7-2-4-13-31-21)19-15-18(30)11-12-20(19)36-28/h2-8,10-17H,9H2,1H3,(H,33,34,35). The van der Waals surface area contributed by atoms with E-state index in [0.29, 0.717) is 51.5 Å². The first-order valence-electron chi connectivity index (χ1n) is 11.9. The fourth-order valence-electron chi connectivity index (χ4n) is 4.69. The maximum absolute atomic E-state index is 14.5. The van der Waals surface area contributed by atoms with E-state index < -0.39 is 6.04 Å². The number of benzene rings is 1. The number of carbonyl (C=O) groups is 1. The molecule has 1 unspecified atom stereocenters. The van der Waals surface area contributed by atoms with Crippen LogP contribution in [0.4, 0.5) is 10.2 Å². The number of rotatable bonds is 5. The SMILES string of the molecule is CC(Nc1ncnc2c1C(=O)C=CC2)c1nc2ccc(F)cc2c(-c2ccccn2)c1-c1ccccn1. The Morgan fingerprint density at radius 2 is 1.65 bits per heavy atom. The maximum atomic E-state index is 14.5. The van der Waals surface area contributed by atoms with Crippen molar-refractivity contribution in [2.45, 2.75) is 19.4 Å². The van der Waals surface area contributed by atoms with Gasteiger partial charge in [-0.2, -0.15) is 0 Å². The highest BCUT2D eigenvalue weighted by atomic mass is 19.1. The van der Waals surface area contributed by atoms with E-state index >= 15 is 0 Å². The molecule has 0 bridgehead atoms. The minimum Gasteiger partial charge on any atom is -0.361 e. The second kappa shape index (κ2) is 9.31. The lowest BCUT2D eigenvalue weighted by Crippen LogP contribution is -2.18. The van der Waals surface area contributed by atoms with Crippen molar-refractivity contribution in [2.24, 2.45) is 0 Å². The van der Waals surface area contributed by atoms with Crippen molar-refractivity contribution in [3.8, 4) is 22.5 Å². The zero-order valence-electron chi connectivity index (χ0n) is 19.9. The first-order chi connectivity index (χ1) is 18.1. The van der Waals surface area contributed by atoms with E-state index in [1.165, 1.54) is 18.5 Å². The van der Waals surface area contributed by atoms with Crippen LogP contribution < -0.4 is 5.32 Å². The van der Waals surface area contributed by atoms with E-state index in [2.05, 4.69) is 25.3 Å². The molecule has 0 fully saturated rings. The molecule has 0 saturated carbocycles. The van der Waals surface area contributed by atoms with E-state index in [1.54, 1.807) is 30.6 Å². The van der Waals surface area contributed by atoms with Gasteiger partial charge in [0.2, 0.25) is 0 Å². The summed E-state index contributed by atoms with van der Waals surface area (Å²) in [5, 5.41) is 4.03. The van der Waals surface area contributed by atoms with Crippen LogP contribution in [0.2, 0.25) is 0 Å². The van der Waals surface area contributed by atoms with E-state index in [-0.39, 0.29) is 11.6 Å². The van der Waals surface area contributed by atoms with Crippen LogP contribution >= 0.6 is 0 Å². The van der Waals surface area contributed by atoms with Gasteiger partial charge < -0.3 is 5.32 Å². The van der Waals surface area contributed by atoms with Crippen molar-refractivity contribution < 1.29 is 9.18 Å². The Balaban J connectivity index is 1.60. The smallest absolute Gasteiger partial charge is 0.191 e. The van der Waals surface area contributed by atoms with Crippen molar-refractivity contribution in [3.63, 3.8) is 0 Å². The number of ketones is 1. The van der Waals surface area contributed by atoms with Crippen LogP contribution in [-0.4, -0.2) is 30.7 Å². The number of carbonyl (C=O) groups excluding carboxylic acids is 1. The quantitative estimate of drug-likeness (QED) is 0.336. The highest BCUT2D eigenvalue weighted by Gasteiger charge is 2.26. The Kier molecular flexibility index (Phi) is 5.69. The Morgan fingerprint density at radius 3 is 2.38 bits per heavy atom. The molecule has 4 heterocycles. The number of fused-ring (bicyclic) bond motifs is 2. The fourth-order valence-corrected chi connectivity index (χ4v) is 4.69. The number of pyridine rings is 3. The van der Waals surface area contributed by atoms with Crippen LogP contribution in [0.1, 0.15) is 34.7 Å². The summed E-state index contributed by atoms with van der Waals surface area (Å²) in [4.78, 5) is 35.5. The molecule has 8 heteroatoms. The number of anilines is 1. The Bertz CT molecular complexity index is 1670. The summed E-state index contributed by atoms with van der Waals surface area (Å²) >= 11 is 0. The van der Waals surface area contributed by atoms with Gasteiger partial charge in [-0.25, -0.2) is 19.3 Å². The van der Waals surface area contributed by atoms with Crippen LogP contribution in [0, 0.1) is 5.82 Å². The summed E-state index contributed by atoms with van der Waals surface area (Å²) in [6.07, 6.45) is 8.78. The molecule has 180 valence electrons. The molecule has 0 spiro atoms. The van der Waals surface area contributed by atoms with E-state index in [9.17, 15) is 9.18 Å². The second-order valence-corrected chi connectivity index (χ2v) is 8.72. The van der Waals surface area contributed by atoms with Gasteiger partial charge in [-0.1, -0.05) is 18.2 Å².